The Balaban J connectivity index is 1.49. The lowest BCUT2D eigenvalue weighted by Crippen LogP contribution is -2.50. The van der Waals surface area contributed by atoms with Crippen molar-refractivity contribution in [3.8, 4) is 0 Å². The maximum atomic E-state index is 13.2. The molecule has 3 unspecified atom stereocenters. The molecule has 1 aliphatic rings. The first-order chi connectivity index (χ1) is 16.1. The lowest BCUT2D eigenvalue weighted by Gasteiger charge is -2.42. The van der Waals surface area contributed by atoms with Gasteiger partial charge >= 0.3 is 12.2 Å². The summed E-state index contributed by atoms with van der Waals surface area (Å²) in [6.07, 6.45) is 0.275. The third-order valence-corrected chi connectivity index (χ3v) is 8.17. The van der Waals surface area contributed by atoms with Crippen molar-refractivity contribution in [3.05, 3.63) is 46.6 Å². The van der Waals surface area contributed by atoms with Gasteiger partial charge in [0.15, 0.2) is 5.65 Å². The van der Waals surface area contributed by atoms with Crippen molar-refractivity contribution in [2.24, 2.45) is 13.0 Å². The van der Waals surface area contributed by atoms with Crippen LogP contribution in [0.5, 0.6) is 0 Å². The van der Waals surface area contributed by atoms with Crippen molar-refractivity contribution in [2.75, 3.05) is 23.3 Å². The Hall–Kier alpha value is -2.41. The molecule has 3 aromatic heterocycles. The zero-order valence-electron chi connectivity index (χ0n) is 18.2. The quantitative estimate of drug-likeness (QED) is 0.339. The fourth-order valence-electron chi connectivity index (χ4n) is 4.13. The summed E-state index contributed by atoms with van der Waals surface area (Å²) in [5.74, 6) is 0.0751. The van der Waals surface area contributed by atoms with E-state index in [2.05, 4.69) is 47.4 Å². The second-order valence-corrected chi connectivity index (χ2v) is 10.3. The number of pyridine rings is 2. The molecule has 0 saturated carbocycles. The van der Waals surface area contributed by atoms with Crippen LogP contribution in [0.2, 0.25) is 0 Å². The van der Waals surface area contributed by atoms with Crippen LogP contribution in [0.1, 0.15) is 18.9 Å². The summed E-state index contributed by atoms with van der Waals surface area (Å²) >= 11 is 2.08. The molecular weight excluding hydrogens is 585 g/mol. The Kier molecular flexibility index (Phi) is 7.04. The number of aromatic nitrogens is 4. The van der Waals surface area contributed by atoms with Gasteiger partial charge in [-0.05, 0) is 46.5 Å². The lowest BCUT2D eigenvalue weighted by atomic mass is 9.93. The number of H-pyrrole nitrogens is 1. The number of piperidine rings is 1. The van der Waals surface area contributed by atoms with Gasteiger partial charge in [-0.15, -0.1) is 0 Å². The standard InChI is InChI=1S/C20H22F3IN7O2P/c1-11-9-30(14-5-12-7-26-28-17(12)25-8-14)4-3-16(11)31(34-24)19(33)27-15-6-13(20(21,22)23)10-29(2)18(15)32/h5-8,10-11,16,34H,3-4,9H2,1-2H3,(H,27,33)(H,25,26,28). The monoisotopic (exact) mass is 607 g/mol. The molecule has 0 spiro atoms. The van der Waals surface area contributed by atoms with Crippen molar-refractivity contribution in [3.63, 3.8) is 0 Å². The van der Waals surface area contributed by atoms with Crippen molar-refractivity contribution in [1.29, 1.82) is 0 Å². The van der Waals surface area contributed by atoms with Gasteiger partial charge in [0.25, 0.3) is 5.56 Å². The summed E-state index contributed by atoms with van der Waals surface area (Å²) in [5.41, 5.74) is -0.436. The molecule has 0 aliphatic carbocycles. The molecule has 182 valence electrons. The van der Waals surface area contributed by atoms with Gasteiger partial charge in [0.2, 0.25) is 0 Å². The fourth-order valence-corrected chi connectivity index (χ4v) is 6.50. The van der Waals surface area contributed by atoms with Crippen LogP contribution in [0, 0.1) is 5.92 Å². The maximum absolute atomic E-state index is 13.2. The van der Waals surface area contributed by atoms with E-state index < -0.39 is 29.0 Å². The number of urea groups is 1. The number of alkyl halides is 3. The van der Waals surface area contributed by atoms with E-state index in [0.717, 1.165) is 15.6 Å². The number of anilines is 2. The minimum atomic E-state index is -4.63. The molecule has 0 bridgehead atoms. The number of carbonyl (C=O) groups excluding carboxylic acids is 1. The summed E-state index contributed by atoms with van der Waals surface area (Å²) in [5, 5.41) is 10.1. The first-order valence-electron chi connectivity index (χ1n) is 10.4. The first-order valence-corrected chi connectivity index (χ1v) is 14.4. The maximum Gasteiger partial charge on any atom is 0.417 e. The molecule has 0 aromatic carbocycles. The minimum absolute atomic E-state index is 0.0450. The highest BCUT2D eigenvalue weighted by Gasteiger charge is 2.35. The van der Waals surface area contributed by atoms with Crippen LogP contribution < -0.4 is 15.8 Å². The molecule has 1 saturated heterocycles. The Bertz CT molecular complexity index is 1260. The molecule has 2 amide bonds. The third-order valence-electron chi connectivity index (χ3n) is 5.90. The number of hydrogen-bond donors (Lipinski definition) is 2. The van der Waals surface area contributed by atoms with Gasteiger partial charge in [0, 0.05) is 44.1 Å². The van der Waals surface area contributed by atoms with Gasteiger partial charge in [-0.2, -0.15) is 18.3 Å². The highest BCUT2D eigenvalue weighted by atomic mass is 127. The number of carbonyl (C=O) groups is 1. The molecule has 3 atom stereocenters. The van der Waals surface area contributed by atoms with E-state index >= 15 is 0 Å². The Morgan fingerprint density at radius 1 is 1.35 bits per heavy atom. The summed E-state index contributed by atoms with van der Waals surface area (Å²) in [7, 11) is 1.22. The van der Waals surface area contributed by atoms with E-state index in [1.54, 1.807) is 17.1 Å². The smallest absolute Gasteiger partial charge is 0.370 e. The zero-order valence-corrected chi connectivity index (χ0v) is 21.4. The average molecular weight is 607 g/mol. The summed E-state index contributed by atoms with van der Waals surface area (Å²) in [6, 6.07) is 1.97. The SMILES string of the molecule is CC1CN(c2cnc3[nH]ncc3c2)CCC1N(PI)C(=O)Nc1cc(C(F)(F)F)cn(C)c1=O. The predicted molar refractivity (Wildman–Crippen MR) is 134 cm³/mol. The van der Waals surface area contributed by atoms with Crippen molar-refractivity contribution >= 4 is 56.9 Å². The van der Waals surface area contributed by atoms with E-state index in [1.165, 1.54) is 7.05 Å². The molecule has 2 N–H and O–H groups in total. The molecular formula is C20H22F3IN7O2P. The van der Waals surface area contributed by atoms with Crippen molar-refractivity contribution in [1.82, 2.24) is 24.4 Å². The number of nitrogens with one attached hydrogen (secondary N) is 2. The summed E-state index contributed by atoms with van der Waals surface area (Å²) in [6.45, 7) is 3.38. The first kappa shape index (κ1) is 24.7. The molecule has 3 aromatic rings. The van der Waals surface area contributed by atoms with Gasteiger partial charge in [-0.1, -0.05) is 6.92 Å². The van der Waals surface area contributed by atoms with Gasteiger partial charge in [0.1, 0.15) is 5.69 Å². The Morgan fingerprint density at radius 2 is 2.12 bits per heavy atom. The second kappa shape index (κ2) is 9.68. The molecule has 14 heteroatoms. The number of aryl methyl sites for hydroxylation is 1. The zero-order chi connectivity index (χ0) is 24.6. The van der Waals surface area contributed by atoms with Crippen LogP contribution in [-0.2, 0) is 13.2 Å². The third kappa shape index (κ3) is 4.99. The Morgan fingerprint density at radius 3 is 2.79 bits per heavy atom. The average Bonchev–Trinajstić information content (AvgIpc) is 3.25. The molecule has 1 aliphatic heterocycles. The number of nitrogens with zero attached hydrogens (tertiary/aromatic N) is 5. The van der Waals surface area contributed by atoms with Crippen molar-refractivity contribution in [2.45, 2.75) is 25.6 Å². The molecule has 9 nitrogen and oxygen atoms in total. The molecule has 4 rings (SSSR count). The molecule has 34 heavy (non-hydrogen) atoms. The summed E-state index contributed by atoms with van der Waals surface area (Å²) < 4.78 is 41.9. The Labute approximate surface area is 207 Å². The van der Waals surface area contributed by atoms with Crippen LogP contribution in [0.3, 0.4) is 0 Å². The van der Waals surface area contributed by atoms with E-state index in [9.17, 15) is 22.8 Å². The number of rotatable bonds is 4. The van der Waals surface area contributed by atoms with Gasteiger partial charge in [0.05, 0.1) is 23.6 Å². The topological polar surface area (TPSA) is 99.2 Å². The molecule has 1 fully saturated rings. The van der Waals surface area contributed by atoms with Crippen LogP contribution in [0.25, 0.3) is 11.0 Å². The van der Waals surface area contributed by atoms with E-state index in [0.29, 0.717) is 37.4 Å². The van der Waals surface area contributed by atoms with E-state index in [1.807, 2.05) is 13.0 Å². The molecule has 0 radical (unpaired) electrons. The van der Waals surface area contributed by atoms with Crippen LogP contribution in [-0.4, -0.2) is 49.6 Å². The van der Waals surface area contributed by atoms with Crippen molar-refractivity contribution < 1.29 is 18.0 Å². The second-order valence-electron chi connectivity index (χ2n) is 8.22. The fraction of sp³-hybridized carbons (Fsp3) is 0.400. The number of aromatic amines is 1. The van der Waals surface area contributed by atoms with Gasteiger partial charge in [-0.25, -0.2) is 9.78 Å². The number of halogens is 4. The highest BCUT2D eigenvalue weighted by molar-refractivity contribution is 14.2. The van der Waals surface area contributed by atoms with Crippen LogP contribution in [0.4, 0.5) is 29.3 Å². The van der Waals surface area contributed by atoms with Crippen LogP contribution in [0.15, 0.2) is 35.5 Å². The van der Waals surface area contributed by atoms with Gasteiger partial charge < -0.3 is 14.8 Å². The van der Waals surface area contributed by atoms with E-state index in [-0.39, 0.29) is 18.3 Å². The summed E-state index contributed by atoms with van der Waals surface area (Å²) in [4.78, 5) is 32.0. The number of amides is 2. The highest BCUT2D eigenvalue weighted by Crippen LogP contribution is 2.37. The normalized spacial score (nSPS) is 19.2. The largest absolute Gasteiger partial charge is 0.417 e. The number of fused-ring (bicyclic) bond motifs is 1. The number of hydrogen-bond acceptors (Lipinski definition) is 5. The molecule has 4 heterocycles. The van der Waals surface area contributed by atoms with Gasteiger partial charge in [-0.3, -0.25) is 14.6 Å². The predicted octanol–water partition coefficient (Wildman–Crippen LogP) is 4.37. The van der Waals surface area contributed by atoms with Crippen LogP contribution >= 0.6 is 28.4 Å². The van der Waals surface area contributed by atoms with E-state index in [4.69, 9.17) is 0 Å². The lowest BCUT2D eigenvalue weighted by molar-refractivity contribution is -0.138. The minimum Gasteiger partial charge on any atom is -0.370 e.